The Bertz CT molecular complexity index is 313. The van der Waals surface area contributed by atoms with Crippen molar-refractivity contribution >= 4 is 11.9 Å². The van der Waals surface area contributed by atoms with Gasteiger partial charge < -0.3 is 14.8 Å². The third-order valence-electron chi connectivity index (χ3n) is 3.49. The molecule has 1 aliphatic rings. The van der Waals surface area contributed by atoms with Gasteiger partial charge in [-0.25, -0.2) is 4.79 Å². The lowest BCUT2D eigenvalue weighted by molar-refractivity contribution is -0.151. The normalized spacial score (nSPS) is 22.4. The summed E-state index contributed by atoms with van der Waals surface area (Å²) in [7, 11) is 1.34. The maximum absolute atomic E-state index is 12.0. The van der Waals surface area contributed by atoms with Crippen LogP contribution in [0, 0.1) is 0 Å². The average Bonchev–Trinajstić information content (AvgIpc) is 2.38. The number of nitrogens with one attached hydrogen (secondary N) is 1. The van der Waals surface area contributed by atoms with Gasteiger partial charge in [-0.1, -0.05) is 13.3 Å². The van der Waals surface area contributed by atoms with Crippen molar-refractivity contribution in [2.75, 3.05) is 13.7 Å². The van der Waals surface area contributed by atoms with E-state index in [2.05, 4.69) is 5.32 Å². The molecular formula is C14H25NO4. The molecule has 1 saturated heterocycles. The Hall–Kier alpha value is -1.10. The van der Waals surface area contributed by atoms with Gasteiger partial charge in [-0.3, -0.25) is 4.79 Å². The number of esters is 1. The van der Waals surface area contributed by atoms with Crippen LogP contribution in [0.2, 0.25) is 0 Å². The second kappa shape index (κ2) is 7.48. The highest BCUT2D eigenvalue weighted by molar-refractivity contribution is 5.87. The lowest BCUT2D eigenvalue weighted by atomic mass is 9.95. The van der Waals surface area contributed by atoms with E-state index in [9.17, 15) is 9.59 Å². The minimum absolute atomic E-state index is 0.0164. The average molecular weight is 271 g/mol. The fraction of sp³-hybridized carbons (Fsp3) is 0.857. The van der Waals surface area contributed by atoms with Crippen molar-refractivity contribution in [3.05, 3.63) is 0 Å². The quantitative estimate of drug-likeness (QED) is 0.748. The van der Waals surface area contributed by atoms with Crippen molar-refractivity contribution in [3.63, 3.8) is 0 Å². The summed E-state index contributed by atoms with van der Waals surface area (Å²) >= 11 is 0. The molecule has 0 aromatic rings. The first kappa shape index (κ1) is 16.0. The maximum atomic E-state index is 12.0. The van der Waals surface area contributed by atoms with Gasteiger partial charge in [0, 0.05) is 6.61 Å². The molecule has 5 heteroatoms. The zero-order valence-corrected chi connectivity index (χ0v) is 12.2. The zero-order chi connectivity index (χ0) is 14.3. The van der Waals surface area contributed by atoms with Crippen LogP contribution >= 0.6 is 0 Å². The number of rotatable bonds is 6. The fourth-order valence-corrected chi connectivity index (χ4v) is 2.47. The minimum atomic E-state index is -0.935. The number of amides is 1. The predicted molar refractivity (Wildman–Crippen MR) is 71.7 cm³/mol. The van der Waals surface area contributed by atoms with Gasteiger partial charge in [-0.05, 0) is 32.6 Å². The van der Waals surface area contributed by atoms with Gasteiger partial charge in [-0.2, -0.15) is 0 Å². The van der Waals surface area contributed by atoms with Crippen molar-refractivity contribution in [1.29, 1.82) is 0 Å². The molecule has 0 aromatic heterocycles. The Morgan fingerprint density at radius 2 is 2.16 bits per heavy atom. The molecule has 0 spiro atoms. The molecule has 1 rings (SSSR count). The van der Waals surface area contributed by atoms with Gasteiger partial charge in [0.05, 0.1) is 19.6 Å². The standard InChI is InChI=1S/C14H25NO4/c1-4-8-14(2,13(17)18-3)15-12(16)10-11-7-5-6-9-19-11/h11H,4-10H2,1-3H3,(H,15,16). The lowest BCUT2D eigenvalue weighted by Gasteiger charge is -2.29. The summed E-state index contributed by atoms with van der Waals surface area (Å²) in [5.74, 6) is -0.541. The summed E-state index contributed by atoms with van der Waals surface area (Å²) in [4.78, 5) is 23.8. The molecule has 0 saturated carbocycles. The summed E-state index contributed by atoms with van der Waals surface area (Å²) in [6.45, 7) is 4.40. The van der Waals surface area contributed by atoms with E-state index < -0.39 is 11.5 Å². The van der Waals surface area contributed by atoms with Gasteiger partial charge in [0.2, 0.25) is 5.91 Å². The van der Waals surface area contributed by atoms with Crippen LogP contribution in [0.4, 0.5) is 0 Å². The predicted octanol–water partition coefficient (Wildman–Crippen LogP) is 1.79. The molecule has 1 aliphatic heterocycles. The van der Waals surface area contributed by atoms with Crippen molar-refractivity contribution in [2.45, 2.75) is 64.0 Å². The summed E-state index contributed by atoms with van der Waals surface area (Å²) < 4.78 is 10.3. The van der Waals surface area contributed by atoms with Crippen LogP contribution in [0.15, 0.2) is 0 Å². The number of carbonyl (C=O) groups excluding carboxylic acids is 2. The van der Waals surface area contributed by atoms with E-state index in [4.69, 9.17) is 9.47 Å². The molecule has 1 fully saturated rings. The molecule has 0 radical (unpaired) electrons. The molecular weight excluding hydrogens is 246 g/mol. The number of carbonyl (C=O) groups is 2. The van der Waals surface area contributed by atoms with Gasteiger partial charge >= 0.3 is 5.97 Å². The van der Waals surface area contributed by atoms with Crippen LogP contribution in [0.1, 0.15) is 52.4 Å². The lowest BCUT2D eigenvalue weighted by Crippen LogP contribution is -2.53. The van der Waals surface area contributed by atoms with Crippen LogP contribution in [0.25, 0.3) is 0 Å². The Kier molecular flexibility index (Phi) is 6.28. The van der Waals surface area contributed by atoms with E-state index in [-0.39, 0.29) is 12.0 Å². The molecule has 0 aromatic carbocycles. The summed E-state index contributed by atoms with van der Waals surface area (Å²) in [5.41, 5.74) is -0.935. The second-order valence-corrected chi connectivity index (χ2v) is 5.31. The third-order valence-corrected chi connectivity index (χ3v) is 3.49. The fourth-order valence-electron chi connectivity index (χ4n) is 2.47. The summed E-state index contributed by atoms with van der Waals surface area (Å²) in [6.07, 6.45) is 4.74. The van der Waals surface area contributed by atoms with Crippen molar-refractivity contribution < 1.29 is 19.1 Å². The first-order chi connectivity index (χ1) is 9.01. The number of hydrogen-bond acceptors (Lipinski definition) is 4. The van der Waals surface area contributed by atoms with Crippen LogP contribution in [-0.2, 0) is 19.1 Å². The number of methoxy groups -OCH3 is 1. The molecule has 1 N–H and O–H groups in total. The SMILES string of the molecule is CCCC(C)(NC(=O)CC1CCCCO1)C(=O)OC. The molecule has 0 aliphatic carbocycles. The minimum Gasteiger partial charge on any atom is -0.467 e. The van der Waals surface area contributed by atoms with E-state index in [1.54, 1.807) is 6.92 Å². The van der Waals surface area contributed by atoms with Crippen LogP contribution in [-0.4, -0.2) is 37.2 Å². The third kappa shape index (κ3) is 4.82. The summed E-state index contributed by atoms with van der Waals surface area (Å²) in [6, 6.07) is 0. The van der Waals surface area contributed by atoms with Gasteiger partial charge in [-0.15, -0.1) is 0 Å². The molecule has 5 nitrogen and oxygen atoms in total. The van der Waals surface area contributed by atoms with Gasteiger partial charge in [0.25, 0.3) is 0 Å². The van der Waals surface area contributed by atoms with Crippen LogP contribution in [0.5, 0.6) is 0 Å². The largest absolute Gasteiger partial charge is 0.467 e. The van der Waals surface area contributed by atoms with Crippen molar-refractivity contribution in [2.24, 2.45) is 0 Å². The first-order valence-electron chi connectivity index (χ1n) is 7.03. The van der Waals surface area contributed by atoms with Crippen LogP contribution < -0.4 is 5.32 Å². The van der Waals surface area contributed by atoms with E-state index in [1.807, 2.05) is 6.92 Å². The van der Waals surface area contributed by atoms with E-state index in [1.165, 1.54) is 7.11 Å². The molecule has 2 unspecified atom stereocenters. The Labute approximate surface area is 115 Å². The monoisotopic (exact) mass is 271 g/mol. The molecule has 19 heavy (non-hydrogen) atoms. The van der Waals surface area contributed by atoms with E-state index in [0.717, 1.165) is 32.3 Å². The molecule has 1 amide bonds. The van der Waals surface area contributed by atoms with Gasteiger partial charge in [0.15, 0.2) is 0 Å². The number of ether oxygens (including phenoxy) is 2. The van der Waals surface area contributed by atoms with Crippen LogP contribution in [0.3, 0.4) is 0 Å². The second-order valence-electron chi connectivity index (χ2n) is 5.31. The highest BCUT2D eigenvalue weighted by Crippen LogP contribution is 2.18. The topological polar surface area (TPSA) is 64.6 Å². The molecule has 0 bridgehead atoms. The van der Waals surface area contributed by atoms with E-state index in [0.29, 0.717) is 12.8 Å². The Morgan fingerprint density at radius 1 is 1.42 bits per heavy atom. The first-order valence-corrected chi connectivity index (χ1v) is 7.03. The number of hydrogen-bond donors (Lipinski definition) is 1. The Balaban J connectivity index is 2.53. The van der Waals surface area contributed by atoms with Crippen molar-refractivity contribution in [1.82, 2.24) is 5.32 Å². The molecule has 2 atom stereocenters. The maximum Gasteiger partial charge on any atom is 0.331 e. The smallest absolute Gasteiger partial charge is 0.331 e. The highest BCUT2D eigenvalue weighted by Gasteiger charge is 2.35. The Morgan fingerprint density at radius 3 is 2.68 bits per heavy atom. The molecule has 110 valence electrons. The molecule has 1 heterocycles. The van der Waals surface area contributed by atoms with Crippen molar-refractivity contribution in [3.8, 4) is 0 Å². The van der Waals surface area contributed by atoms with Gasteiger partial charge in [0.1, 0.15) is 5.54 Å². The highest BCUT2D eigenvalue weighted by atomic mass is 16.5. The summed E-state index contributed by atoms with van der Waals surface area (Å²) in [5, 5.41) is 2.80. The van der Waals surface area contributed by atoms with E-state index >= 15 is 0 Å². The zero-order valence-electron chi connectivity index (χ0n) is 12.2.